The highest BCUT2D eigenvalue weighted by molar-refractivity contribution is 5.86. The SMILES string of the molecule is CCO[C@H](CN)c1cccc2ccccc12. The van der Waals surface area contributed by atoms with Crippen LogP contribution in [-0.4, -0.2) is 13.2 Å². The second-order valence-corrected chi connectivity index (χ2v) is 3.75. The topological polar surface area (TPSA) is 35.2 Å². The molecule has 0 aliphatic heterocycles. The van der Waals surface area contributed by atoms with Gasteiger partial charge >= 0.3 is 0 Å². The van der Waals surface area contributed by atoms with E-state index in [0.717, 1.165) is 0 Å². The lowest BCUT2D eigenvalue weighted by Gasteiger charge is -2.17. The molecule has 0 bridgehead atoms. The number of nitrogens with two attached hydrogens (primary N) is 1. The van der Waals surface area contributed by atoms with Gasteiger partial charge in [0.1, 0.15) is 0 Å². The molecule has 2 rings (SSSR count). The maximum Gasteiger partial charge on any atom is 0.0952 e. The van der Waals surface area contributed by atoms with Crippen molar-refractivity contribution in [2.24, 2.45) is 5.73 Å². The molecule has 2 N–H and O–H groups in total. The molecule has 0 radical (unpaired) electrons. The summed E-state index contributed by atoms with van der Waals surface area (Å²) in [6.07, 6.45) is -0.00361. The van der Waals surface area contributed by atoms with Gasteiger partial charge in [-0.15, -0.1) is 0 Å². The first-order chi connectivity index (χ1) is 7.86. The Labute approximate surface area is 96.0 Å². The van der Waals surface area contributed by atoms with Crippen molar-refractivity contribution in [1.29, 1.82) is 0 Å². The van der Waals surface area contributed by atoms with E-state index in [0.29, 0.717) is 13.2 Å². The molecular weight excluding hydrogens is 198 g/mol. The smallest absolute Gasteiger partial charge is 0.0952 e. The highest BCUT2D eigenvalue weighted by atomic mass is 16.5. The molecule has 2 heteroatoms. The van der Waals surface area contributed by atoms with Gasteiger partial charge in [-0.3, -0.25) is 0 Å². The first-order valence-electron chi connectivity index (χ1n) is 5.66. The average molecular weight is 215 g/mol. The molecule has 0 aromatic heterocycles. The minimum atomic E-state index is -0.00361. The number of hydrogen-bond acceptors (Lipinski definition) is 2. The van der Waals surface area contributed by atoms with Crippen molar-refractivity contribution in [3.8, 4) is 0 Å². The van der Waals surface area contributed by atoms with Crippen molar-refractivity contribution in [3.63, 3.8) is 0 Å². The molecule has 0 aliphatic rings. The van der Waals surface area contributed by atoms with Crippen LogP contribution in [0.15, 0.2) is 42.5 Å². The Balaban J connectivity index is 2.50. The van der Waals surface area contributed by atoms with Crippen molar-refractivity contribution < 1.29 is 4.74 Å². The molecule has 0 heterocycles. The Morgan fingerprint density at radius 2 is 1.88 bits per heavy atom. The van der Waals surface area contributed by atoms with E-state index >= 15 is 0 Å². The summed E-state index contributed by atoms with van der Waals surface area (Å²) in [7, 11) is 0. The zero-order chi connectivity index (χ0) is 11.4. The van der Waals surface area contributed by atoms with Gasteiger partial charge in [0.2, 0.25) is 0 Å². The lowest BCUT2D eigenvalue weighted by molar-refractivity contribution is 0.0699. The number of ether oxygens (including phenoxy) is 1. The minimum absolute atomic E-state index is 0.00361. The third-order valence-electron chi connectivity index (χ3n) is 2.75. The summed E-state index contributed by atoms with van der Waals surface area (Å²) in [6.45, 7) is 3.20. The van der Waals surface area contributed by atoms with E-state index in [9.17, 15) is 0 Å². The van der Waals surface area contributed by atoms with Gasteiger partial charge in [-0.1, -0.05) is 42.5 Å². The van der Waals surface area contributed by atoms with Crippen LogP contribution in [0.2, 0.25) is 0 Å². The molecule has 0 fully saturated rings. The Hall–Kier alpha value is -1.38. The van der Waals surface area contributed by atoms with E-state index in [1.54, 1.807) is 0 Å². The van der Waals surface area contributed by atoms with Crippen molar-refractivity contribution >= 4 is 10.8 Å². The van der Waals surface area contributed by atoms with Crippen molar-refractivity contribution in [2.75, 3.05) is 13.2 Å². The van der Waals surface area contributed by atoms with Crippen LogP contribution < -0.4 is 5.73 Å². The van der Waals surface area contributed by atoms with E-state index in [2.05, 4.69) is 30.3 Å². The van der Waals surface area contributed by atoms with Crippen molar-refractivity contribution in [1.82, 2.24) is 0 Å². The molecule has 0 amide bonds. The van der Waals surface area contributed by atoms with Gasteiger partial charge < -0.3 is 10.5 Å². The highest BCUT2D eigenvalue weighted by Crippen LogP contribution is 2.25. The van der Waals surface area contributed by atoms with Crippen LogP contribution >= 0.6 is 0 Å². The Morgan fingerprint density at radius 1 is 1.12 bits per heavy atom. The summed E-state index contributed by atoms with van der Waals surface area (Å²) in [6, 6.07) is 14.6. The summed E-state index contributed by atoms with van der Waals surface area (Å²) >= 11 is 0. The standard InChI is InChI=1S/C14H17NO/c1-2-16-14(10-15)13-9-5-7-11-6-3-4-8-12(11)13/h3-9,14H,2,10,15H2,1H3/t14-/m1/s1. The van der Waals surface area contributed by atoms with Crippen LogP contribution in [0.3, 0.4) is 0 Å². The van der Waals surface area contributed by atoms with Gasteiger partial charge in [0.25, 0.3) is 0 Å². The van der Waals surface area contributed by atoms with E-state index in [-0.39, 0.29) is 6.10 Å². The molecule has 0 spiro atoms. The van der Waals surface area contributed by atoms with Crippen molar-refractivity contribution in [3.05, 3.63) is 48.0 Å². The maximum absolute atomic E-state index is 5.76. The van der Waals surface area contributed by atoms with Crippen molar-refractivity contribution in [2.45, 2.75) is 13.0 Å². The molecule has 0 saturated heterocycles. The largest absolute Gasteiger partial charge is 0.372 e. The first-order valence-corrected chi connectivity index (χ1v) is 5.66. The van der Waals surface area contributed by atoms with Crippen LogP contribution in [0.1, 0.15) is 18.6 Å². The normalized spacial score (nSPS) is 12.9. The number of rotatable bonds is 4. The second kappa shape index (κ2) is 5.10. The zero-order valence-corrected chi connectivity index (χ0v) is 9.52. The Kier molecular flexibility index (Phi) is 3.54. The molecule has 2 aromatic carbocycles. The number of fused-ring (bicyclic) bond motifs is 1. The summed E-state index contributed by atoms with van der Waals surface area (Å²) in [5.41, 5.74) is 6.94. The van der Waals surface area contributed by atoms with Gasteiger partial charge in [-0.25, -0.2) is 0 Å². The summed E-state index contributed by atoms with van der Waals surface area (Å²) < 4.78 is 5.66. The lowest BCUT2D eigenvalue weighted by atomic mass is 10.0. The van der Waals surface area contributed by atoms with Crippen LogP contribution in [0.25, 0.3) is 10.8 Å². The lowest BCUT2D eigenvalue weighted by Crippen LogP contribution is -2.16. The fraction of sp³-hybridized carbons (Fsp3) is 0.286. The third-order valence-corrected chi connectivity index (χ3v) is 2.75. The molecule has 84 valence electrons. The van der Waals surface area contributed by atoms with Gasteiger partial charge in [-0.2, -0.15) is 0 Å². The maximum atomic E-state index is 5.76. The highest BCUT2D eigenvalue weighted by Gasteiger charge is 2.11. The van der Waals surface area contributed by atoms with E-state index in [1.165, 1.54) is 16.3 Å². The Bertz CT molecular complexity index is 462. The van der Waals surface area contributed by atoms with Gasteiger partial charge in [0.15, 0.2) is 0 Å². The quantitative estimate of drug-likeness (QED) is 0.851. The van der Waals surface area contributed by atoms with E-state index in [1.807, 2.05) is 19.1 Å². The fourth-order valence-electron chi connectivity index (χ4n) is 2.02. The second-order valence-electron chi connectivity index (χ2n) is 3.75. The summed E-state index contributed by atoms with van der Waals surface area (Å²) in [4.78, 5) is 0. The molecule has 2 aromatic rings. The first kappa shape index (κ1) is 11.1. The summed E-state index contributed by atoms with van der Waals surface area (Å²) in [5, 5.41) is 2.46. The molecule has 0 saturated carbocycles. The molecule has 16 heavy (non-hydrogen) atoms. The molecule has 0 unspecified atom stereocenters. The predicted octanol–water partition coefficient (Wildman–Crippen LogP) is 2.88. The molecular formula is C14H17NO. The monoisotopic (exact) mass is 215 g/mol. The van der Waals surface area contributed by atoms with Gasteiger partial charge in [-0.05, 0) is 23.3 Å². The van der Waals surface area contributed by atoms with E-state index < -0.39 is 0 Å². The van der Waals surface area contributed by atoms with Crippen LogP contribution in [0.5, 0.6) is 0 Å². The van der Waals surface area contributed by atoms with Crippen LogP contribution in [-0.2, 0) is 4.74 Å². The fourth-order valence-corrected chi connectivity index (χ4v) is 2.02. The van der Waals surface area contributed by atoms with E-state index in [4.69, 9.17) is 10.5 Å². The van der Waals surface area contributed by atoms with Crippen LogP contribution in [0.4, 0.5) is 0 Å². The predicted molar refractivity (Wildman–Crippen MR) is 67.4 cm³/mol. The third kappa shape index (κ3) is 2.08. The molecule has 2 nitrogen and oxygen atoms in total. The number of benzene rings is 2. The summed E-state index contributed by atoms with van der Waals surface area (Å²) in [5.74, 6) is 0. The molecule has 1 atom stereocenters. The molecule has 0 aliphatic carbocycles. The average Bonchev–Trinajstić information content (AvgIpc) is 2.35. The zero-order valence-electron chi connectivity index (χ0n) is 9.52. The Morgan fingerprint density at radius 3 is 2.62 bits per heavy atom. The van der Waals surface area contributed by atoms with Gasteiger partial charge in [0.05, 0.1) is 6.10 Å². The number of hydrogen-bond donors (Lipinski definition) is 1. The van der Waals surface area contributed by atoms with Gasteiger partial charge in [0, 0.05) is 13.2 Å². The van der Waals surface area contributed by atoms with Crippen LogP contribution in [0, 0.1) is 0 Å². The minimum Gasteiger partial charge on any atom is -0.372 e.